The van der Waals surface area contributed by atoms with Crippen molar-refractivity contribution in [3.8, 4) is 0 Å². The van der Waals surface area contributed by atoms with E-state index in [4.69, 9.17) is 9.84 Å². The number of hydrogen-bond donors (Lipinski definition) is 3. The van der Waals surface area contributed by atoms with Crippen molar-refractivity contribution in [3.63, 3.8) is 0 Å². The van der Waals surface area contributed by atoms with Crippen molar-refractivity contribution in [1.29, 1.82) is 0 Å². The van der Waals surface area contributed by atoms with Gasteiger partial charge < -0.3 is 20.5 Å². The van der Waals surface area contributed by atoms with E-state index in [1.807, 2.05) is 0 Å². The zero-order chi connectivity index (χ0) is 15.3. The summed E-state index contributed by atoms with van der Waals surface area (Å²) in [6, 6.07) is 0. The van der Waals surface area contributed by atoms with Crippen LogP contribution in [0.4, 0.5) is 4.79 Å². The molecule has 7 nitrogen and oxygen atoms in total. The van der Waals surface area contributed by atoms with Crippen molar-refractivity contribution in [2.75, 3.05) is 13.1 Å². The Hall–Kier alpha value is -1.79. The number of aliphatic carboxylic acids is 1. The lowest BCUT2D eigenvalue weighted by Crippen LogP contribution is -2.34. The Labute approximate surface area is 118 Å². The molecule has 0 aromatic carbocycles. The smallest absolute Gasteiger partial charge is 0.407 e. The summed E-state index contributed by atoms with van der Waals surface area (Å²) in [4.78, 5) is 33.4. The number of carboxylic acid groups (broad SMARTS) is 1. The second-order valence-corrected chi connectivity index (χ2v) is 5.86. The Morgan fingerprint density at radius 3 is 2.25 bits per heavy atom. The van der Waals surface area contributed by atoms with Gasteiger partial charge in [0, 0.05) is 13.1 Å². The average molecular weight is 286 g/mol. The van der Waals surface area contributed by atoms with E-state index in [0.29, 0.717) is 25.9 Å². The van der Waals surface area contributed by atoms with Crippen LogP contribution >= 0.6 is 0 Å². The molecule has 0 aromatic heterocycles. The summed E-state index contributed by atoms with van der Waals surface area (Å²) in [5.41, 5.74) is -0.532. The number of nitrogens with one attached hydrogen (secondary N) is 2. The van der Waals surface area contributed by atoms with E-state index in [9.17, 15) is 14.4 Å². The topological polar surface area (TPSA) is 105 Å². The highest BCUT2D eigenvalue weighted by atomic mass is 16.6. The van der Waals surface area contributed by atoms with E-state index >= 15 is 0 Å². The molecule has 7 heteroatoms. The number of ether oxygens (including phenoxy) is 1. The van der Waals surface area contributed by atoms with Crippen molar-refractivity contribution in [3.05, 3.63) is 0 Å². The van der Waals surface area contributed by atoms with Gasteiger partial charge in [0.2, 0.25) is 5.91 Å². The highest BCUT2D eigenvalue weighted by Gasteiger charge is 2.48. The molecule has 1 rings (SSSR count). The summed E-state index contributed by atoms with van der Waals surface area (Å²) in [5, 5.41) is 13.9. The quantitative estimate of drug-likeness (QED) is 0.625. The molecule has 114 valence electrons. The molecule has 0 heterocycles. The molecule has 0 aliphatic heterocycles. The summed E-state index contributed by atoms with van der Waals surface area (Å²) >= 11 is 0. The summed E-state index contributed by atoms with van der Waals surface area (Å²) < 4.78 is 5.05. The van der Waals surface area contributed by atoms with Crippen LogP contribution in [-0.2, 0) is 14.3 Å². The Bertz CT molecular complexity index is 389. The SMILES string of the molecule is CC(C)(C)OC(=O)NCCCNC(=O)[C@@H]1C[C@@H]1C(=O)O. The number of carbonyl (C=O) groups is 3. The first-order valence-corrected chi connectivity index (χ1v) is 6.68. The maximum absolute atomic E-state index is 11.5. The number of alkyl carbamates (subject to hydrolysis) is 1. The van der Waals surface area contributed by atoms with Crippen LogP contribution in [0.1, 0.15) is 33.6 Å². The minimum absolute atomic E-state index is 0.227. The molecule has 0 aromatic rings. The molecule has 20 heavy (non-hydrogen) atoms. The lowest BCUT2D eigenvalue weighted by molar-refractivity contribution is -0.140. The van der Waals surface area contributed by atoms with Gasteiger partial charge in [-0.3, -0.25) is 9.59 Å². The Morgan fingerprint density at radius 1 is 1.15 bits per heavy atom. The first kappa shape index (κ1) is 16.3. The molecule has 2 atom stereocenters. The summed E-state index contributed by atoms with van der Waals surface area (Å²) in [6.07, 6.45) is 0.490. The predicted molar refractivity (Wildman–Crippen MR) is 71.1 cm³/mol. The third-order valence-electron chi connectivity index (χ3n) is 2.77. The third kappa shape index (κ3) is 5.90. The van der Waals surface area contributed by atoms with E-state index in [-0.39, 0.29) is 5.91 Å². The molecule has 1 aliphatic carbocycles. The minimum atomic E-state index is -0.920. The van der Waals surface area contributed by atoms with Crippen LogP contribution in [0, 0.1) is 11.8 Å². The van der Waals surface area contributed by atoms with Gasteiger partial charge in [-0.1, -0.05) is 0 Å². The molecule has 0 bridgehead atoms. The van der Waals surface area contributed by atoms with Crippen molar-refractivity contribution < 1.29 is 24.2 Å². The van der Waals surface area contributed by atoms with Gasteiger partial charge in [-0.2, -0.15) is 0 Å². The largest absolute Gasteiger partial charge is 0.481 e. The van der Waals surface area contributed by atoms with E-state index in [1.54, 1.807) is 20.8 Å². The lowest BCUT2D eigenvalue weighted by atomic mass is 10.2. The number of carbonyl (C=O) groups excluding carboxylic acids is 2. The molecular formula is C13H22N2O5. The molecular weight excluding hydrogens is 264 g/mol. The molecule has 0 saturated heterocycles. The molecule has 1 fully saturated rings. The van der Waals surface area contributed by atoms with Crippen LogP contribution in [0.3, 0.4) is 0 Å². The Balaban J connectivity index is 2.04. The number of rotatable bonds is 6. The maximum atomic E-state index is 11.5. The molecule has 2 amide bonds. The van der Waals surface area contributed by atoms with E-state index in [2.05, 4.69) is 10.6 Å². The number of carboxylic acids is 1. The number of hydrogen-bond acceptors (Lipinski definition) is 4. The third-order valence-corrected chi connectivity index (χ3v) is 2.77. The molecule has 1 aliphatic rings. The molecule has 3 N–H and O–H groups in total. The van der Waals surface area contributed by atoms with E-state index < -0.39 is 29.5 Å². The molecule has 1 saturated carbocycles. The van der Waals surface area contributed by atoms with Gasteiger partial charge in [-0.05, 0) is 33.6 Å². The minimum Gasteiger partial charge on any atom is -0.481 e. The van der Waals surface area contributed by atoms with Gasteiger partial charge in [0.15, 0.2) is 0 Å². The van der Waals surface area contributed by atoms with E-state index in [0.717, 1.165) is 0 Å². The first-order chi connectivity index (χ1) is 9.20. The fraction of sp³-hybridized carbons (Fsp3) is 0.769. The standard InChI is InChI=1S/C13H22N2O5/c1-13(2,3)20-12(19)15-6-4-5-14-10(16)8-7-9(8)11(17)18/h8-9H,4-7H2,1-3H3,(H,14,16)(H,15,19)(H,17,18)/t8-,9+/m1/s1. The molecule has 0 spiro atoms. The highest BCUT2D eigenvalue weighted by Crippen LogP contribution is 2.38. The first-order valence-electron chi connectivity index (χ1n) is 6.68. The van der Waals surface area contributed by atoms with Gasteiger partial charge in [0.25, 0.3) is 0 Å². The summed E-state index contributed by atoms with van der Waals surface area (Å²) in [6.45, 7) is 6.13. The second kappa shape index (κ2) is 6.58. The van der Waals surface area contributed by atoms with Crippen molar-refractivity contribution >= 4 is 18.0 Å². The lowest BCUT2D eigenvalue weighted by Gasteiger charge is -2.19. The van der Waals surface area contributed by atoms with Crippen LogP contribution in [0.2, 0.25) is 0 Å². The Morgan fingerprint density at radius 2 is 1.75 bits per heavy atom. The monoisotopic (exact) mass is 286 g/mol. The fourth-order valence-electron chi connectivity index (χ4n) is 1.69. The zero-order valence-corrected chi connectivity index (χ0v) is 12.1. The van der Waals surface area contributed by atoms with Gasteiger partial charge in [-0.15, -0.1) is 0 Å². The normalized spacial score (nSPS) is 20.9. The van der Waals surface area contributed by atoms with Crippen LogP contribution in [-0.4, -0.2) is 41.8 Å². The van der Waals surface area contributed by atoms with Crippen LogP contribution in [0.15, 0.2) is 0 Å². The van der Waals surface area contributed by atoms with Crippen LogP contribution in [0.5, 0.6) is 0 Å². The zero-order valence-electron chi connectivity index (χ0n) is 12.1. The molecule has 0 radical (unpaired) electrons. The van der Waals surface area contributed by atoms with Crippen molar-refractivity contribution in [2.45, 2.75) is 39.2 Å². The van der Waals surface area contributed by atoms with Gasteiger partial charge in [0.1, 0.15) is 5.60 Å². The van der Waals surface area contributed by atoms with Gasteiger partial charge in [0.05, 0.1) is 11.8 Å². The number of amides is 2. The van der Waals surface area contributed by atoms with Gasteiger partial charge in [-0.25, -0.2) is 4.79 Å². The van der Waals surface area contributed by atoms with Crippen molar-refractivity contribution in [1.82, 2.24) is 10.6 Å². The summed E-state index contributed by atoms with van der Waals surface area (Å²) in [5.74, 6) is -2.08. The maximum Gasteiger partial charge on any atom is 0.407 e. The molecule has 0 unspecified atom stereocenters. The summed E-state index contributed by atoms with van der Waals surface area (Å²) in [7, 11) is 0. The average Bonchev–Trinajstić information content (AvgIpc) is 3.05. The predicted octanol–water partition coefficient (Wildman–Crippen LogP) is 0.738. The van der Waals surface area contributed by atoms with Crippen LogP contribution in [0.25, 0.3) is 0 Å². The van der Waals surface area contributed by atoms with Gasteiger partial charge >= 0.3 is 12.1 Å². The van der Waals surface area contributed by atoms with E-state index in [1.165, 1.54) is 0 Å². The highest BCUT2D eigenvalue weighted by molar-refractivity contribution is 5.89. The Kier molecular flexibility index (Phi) is 5.35. The second-order valence-electron chi connectivity index (χ2n) is 5.86. The fourth-order valence-corrected chi connectivity index (χ4v) is 1.69. The van der Waals surface area contributed by atoms with Crippen LogP contribution < -0.4 is 10.6 Å². The van der Waals surface area contributed by atoms with Crippen molar-refractivity contribution in [2.24, 2.45) is 11.8 Å².